The van der Waals surface area contributed by atoms with E-state index in [0.29, 0.717) is 6.54 Å². The second kappa shape index (κ2) is 3.90. The molecule has 0 fully saturated rings. The van der Waals surface area contributed by atoms with Crippen molar-refractivity contribution in [2.24, 2.45) is 0 Å². The van der Waals surface area contributed by atoms with Gasteiger partial charge in [0.05, 0.1) is 0 Å². The summed E-state index contributed by atoms with van der Waals surface area (Å²) < 4.78 is 0. The first-order chi connectivity index (χ1) is 5.74. The van der Waals surface area contributed by atoms with Crippen molar-refractivity contribution < 1.29 is 4.79 Å². The highest BCUT2D eigenvalue weighted by atomic mass is 16.1. The Morgan fingerprint density at radius 2 is 2.17 bits per heavy atom. The van der Waals surface area contributed by atoms with E-state index in [2.05, 4.69) is 23.5 Å². The molecule has 0 aliphatic rings. The molecule has 1 aromatic carbocycles. The Kier molecular flexibility index (Phi) is 2.86. The van der Waals surface area contributed by atoms with Gasteiger partial charge >= 0.3 is 0 Å². The standard InChI is InChI=1S/C10H13NO/c1-8-3-4-9(2)10(5-8)6-11-7-12/h3-5,7H,6H2,1-2H3,(H,11,12). The van der Waals surface area contributed by atoms with E-state index in [1.165, 1.54) is 16.7 Å². The van der Waals surface area contributed by atoms with E-state index in [1.807, 2.05) is 13.8 Å². The Morgan fingerprint density at radius 1 is 1.42 bits per heavy atom. The lowest BCUT2D eigenvalue weighted by atomic mass is 10.1. The van der Waals surface area contributed by atoms with Crippen molar-refractivity contribution in [3.63, 3.8) is 0 Å². The molecular formula is C10H13NO. The molecule has 0 spiro atoms. The summed E-state index contributed by atoms with van der Waals surface area (Å²) in [5, 5.41) is 2.65. The molecule has 0 aliphatic carbocycles. The maximum absolute atomic E-state index is 10.1. The Balaban J connectivity index is 2.82. The first kappa shape index (κ1) is 8.78. The van der Waals surface area contributed by atoms with Crippen molar-refractivity contribution in [1.29, 1.82) is 0 Å². The highest BCUT2D eigenvalue weighted by Gasteiger charge is 1.96. The van der Waals surface area contributed by atoms with Crippen LogP contribution in [0.15, 0.2) is 18.2 Å². The zero-order valence-electron chi connectivity index (χ0n) is 7.42. The summed E-state index contributed by atoms with van der Waals surface area (Å²) in [4.78, 5) is 10.1. The number of aryl methyl sites for hydroxylation is 2. The third kappa shape index (κ3) is 2.09. The number of hydrogen-bond acceptors (Lipinski definition) is 1. The minimum atomic E-state index is 0.622. The van der Waals surface area contributed by atoms with Crippen molar-refractivity contribution in [3.8, 4) is 0 Å². The Hall–Kier alpha value is -1.31. The van der Waals surface area contributed by atoms with Crippen molar-refractivity contribution in [2.75, 3.05) is 0 Å². The molecule has 0 radical (unpaired) electrons. The molecule has 1 aromatic rings. The second-order valence-electron chi connectivity index (χ2n) is 2.93. The average Bonchev–Trinajstić information content (AvgIpc) is 2.07. The SMILES string of the molecule is Cc1ccc(C)c(CNC=O)c1. The fraction of sp³-hybridized carbons (Fsp3) is 0.300. The Morgan fingerprint density at radius 3 is 2.83 bits per heavy atom. The maximum Gasteiger partial charge on any atom is 0.207 e. The quantitative estimate of drug-likeness (QED) is 0.673. The normalized spacial score (nSPS) is 9.50. The van der Waals surface area contributed by atoms with Gasteiger partial charge in [-0.3, -0.25) is 4.79 Å². The maximum atomic E-state index is 10.1. The molecule has 0 aromatic heterocycles. The zero-order valence-corrected chi connectivity index (χ0v) is 7.42. The molecule has 0 atom stereocenters. The molecule has 0 saturated heterocycles. The molecule has 2 nitrogen and oxygen atoms in total. The lowest BCUT2D eigenvalue weighted by Gasteiger charge is -2.05. The summed E-state index contributed by atoms with van der Waals surface area (Å²) in [6.07, 6.45) is 0.724. The minimum Gasteiger partial charge on any atom is -0.355 e. The highest BCUT2D eigenvalue weighted by molar-refractivity contribution is 5.46. The van der Waals surface area contributed by atoms with Gasteiger partial charge in [-0.1, -0.05) is 23.8 Å². The van der Waals surface area contributed by atoms with Gasteiger partial charge in [0, 0.05) is 6.54 Å². The van der Waals surface area contributed by atoms with E-state index in [-0.39, 0.29) is 0 Å². The van der Waals surface area contributed by atoms with Gasteiger partial charge in [-0.2, -0.15) is 0 Å². The molecule has 1 N–H and O–H groups in total. The monoisotopic (exact) mass is 163 g/mol. The molecule has 12 heavy (non-hydrogen) atoms. The van der Waals surface area contributed by atoms with Crippen LogP contribution in [0.3, 0.4) is 0 Å². The van der Waals surface area contributed by atoms with Crippen LogP contribution >= 0.6 is 0 Å². The number of hydrogen-bond donors (Lipinski definition) is 1. The van der Waals surface area contributed by atoms with E-state index >= 15 is 0 Å². The largest absolute Gasteiger partial charge is 0.355 e. The molecule has 64 valence electrons. The van der Waals surface area contributed by atoms with Gasteiger partial charge in [0.1, 0.15) is 0 Å². The molecule has 1 rings (SSSR count). The van der Waals surface area contributed by atoms with Crippen molar-refractivity contribution in [2.45, 2.75) is 20.4 Å². The smallest absolute Gasteiger partial charge is 0.207 e. The topological polar surface area (TPSA) is 29.1 Å². The van der Waals surface area contributed by atoms with Gasteiger partial charge in [-0.05, 0) is 25.0 Å². The van der Waals surface area contributed by atoms with Crippen LogP contribution in [0, 0.1) is 13.8 Å². The van der Waals surface area contributed by atoms with E-state index in [9.17, 15) is 4.79 Å². The molecule has 0 bridgehead atoms. The van der Waals surface area contributed by atoms with Gasteiger partial charge in [-0.25, -0.2) is 0 Å². The van der Waals surface area contributed by atoms with Crippen LogP contribution in [-0.4, -0.2) is 6.41 Å². The second-order valence-corrected chi connectivity index (χ2v) is 2.93. The van der Waals surface area contributed by atoms with Crippen LogP contribution in [0.2, 0.25) is 0 Å². The molecule has 1 amide bonds. The zero-order chi connectivity index (χ0) is 8.97. The molecule has 0 heterocycles. The Labute approximate surface area is 72.6 Å². The van der Waals surface area contributed by atoms with Crippen LogP contribution in [0.1, 0.15) is 16.7 Å². The predicted octanol–water partition coefficient (Wildman–Crippen LogP) is 1.55. The number of carbonyl (C=O) groups is 1. The number of amides is 1. The van der Waals surface area contributed by atoms with Gasteiger partial charge in [-0.15, -0.1) is 0 Å². The molecular weight excluding hydrogens is 150 g/mol. The third-order valence-electron chi connectivity index (χ3n) is 1.88. The van der Waals surface area contributed by atoms with Crippen LogP contribution in [0.25, 0.3) is 0 Å². The summed E-state index contributed by atoms with van der Waals surface area (Å²) in [5.41, 5.74) is 3.63. The van der Waals surface area contributed by atoms with Crippen LogP contribution in [0.4, 0.5) is 0 Å². The van der Waals surface area contributed by atoms with E-state index in [1.54, 1.807) is 0 Å². The first-order valence-corrected chi connectivity index (χ1v) is 3.97. The minimum absolute atomic E-state index is 0.622. The number of rotatable bonds is 3. The lowest BCUT2D eigenvalue weighted by Crippen LogP contribution is -2.10. The van der Waals surface area contributed by atoms with Gasteiger partial charge < -0.3 is 5.32 Å². The predicted molar refractivity (Wildman–Crippen MR) is 48.8 cm³/mol. The van der Waals surface area contributed by atoms with Crippen LogP contribution in [0.5, 0.6) is 0 Å². The summed E-state index contributed by atoms with van der Waals surface area (Å²) >= 11 is 0. The van der Waals surface area contributed by atoms with E-state index < -0.39 is 0 Å². The van der Waals surface area contributed by atoms with E-state index in [4.69, 9.17) is 0 Å². The average molecular weight is 163 g/mol. The number of benzene rings is 1. The fourth-order valence-electron chi connectivity index (χ4n) is 1.14. The van der Waals surface area contributed by atoms with Gasteiger partial charge in [0.15, 0.2) is 0 Å². The summed E-state index contributed by atoms with van der Waals surface area (Å²) in [5.74, 6) is 0. The molecule has 2 heteroatoms. The summed E-state index contributed by atoms with van der Waals surface area (Å²) in [6, 6.07) is 6.22. The highest BCUT2D eigenvalue weighted by Crippen LogP contribution is 2.09. The summed E-state index contributed by atoms with van der Waals surface area (Å²) in [6.45, 7) is 4.71. The van der Waals surface area contributed by atoms with Gasteiger partial charge in [0.2, 0.25) is 6.41 Å². The molecule has 0 saturated carbocycles. The van der Waals surface area contributed by atoms with Crippen LogP contribution < -0.4 is 5.32 Å². The number of carbonyl (C=O) groups excluding carboxylic acids is 1. The fourth-order valence-corrected chi connectivity index (χ4v) is 1.14. The van der Waals surface area contributed by atoms with Crippen molar-refractivity contribution in [1.82, 2.24) is 5.32 Å². The lowest BCUT2D eigenvalue weighted by molar-refractivity contribution is -0.109. The third-order valence-corrected chi connectivity index (χ3v) is 1.88. The van der Waals surface area contributed by atoms with Crippen LogP contribution in [-0.2, 0) is 11.3 Å². The van der Waals surface area contributed by atoms with Gasteiger partial charge in [0.25, 0.3) is 0 Å². The molecule has 0 aliphatic heterocycles. The Bertz CT molecular complexity index is 281. The van der Waals surface area contributed by atoms with E-state index in [0.717, 1.165) is 6.41 Å². The van der Waals surface area contributed by atoms with Crippen molar-refractivity contribution >= 4 is 6.41 Å². The first-order valence-electron chi connectivity index (χ1n) is 3.97. The van der Waals surface area contributed by atoms with Crippen molar-refractivity contribution in [3.05, 3.63) is 34.9 Å². The number of nitrogens with one attached hydrogen (secondary N) is 1. The molecule has 0 unspecified atom stereocenters. The summed E-state index contributed by atoms with van der Waals surface area (Å²) in [7, 11) is 0.